The van der Waals surface area contributed by atoms with Gasteiger partial charge in [0.2, 0.25) is 41.4 Å². The van der Waals surface area contributed by atoms with E-state index in [0.29, 0.717) is 22.8 Å². The number of pyridine rings is 2. The Labute approximate surface area is 458 Å². The Morgan fingerprint density at radius 2 is 1.56 bits per heavy atom. The molecule has 24 nitrogen and oxygen atoms in total. The number of para-hydroxylation sites is 1. The van der Waals surface area contributed by atoms with Crippen molar-refractivity contribution < 1.29 is 58.2 Å². The summed E-state index contributed by atoms with van der Waals surface area (Å²) in [5, 5.41) is 32.0. The molecule has 0 spiro atoms. The average molecular weight is 1120 g/mol. The second kappa shape index (κ2) is 28.8. The number of thioether (sulfide) groups is 1. The summed E-state index contributed by atoms with van der Waals surface area (Å²) in [5.74, 6) is -8.29. The van der Waals surface area contributed by atoms with Gasteiger partial charge in [-0.15, -0.1) is 0 Å². The van der Waals surface area contributed by atoms with E-state index in [9.17, 15) is 58.2 Å². The molecule has 1 aliphatic heterocycles. The highest BCUT2D eigenvalue weighted by atomic mass is 33.1. The van der Waals surface area contributed by atoms with Crippen molar-refractivity contribution in [1.29, 1.82) is 0 Å². The number of aromatic hydroxyl groups is 2. The molecule has 3 aromatic rings. The van der Waals surface area contributed by atoms with E-state index >= 15 is 0 Å². The van der Waals surface area contributed by atoms with Gasteiger partial charge in [-0.1, -0.05) is 59.0 Å². The molecular formula is C50H66N12O12S3. The summed E-state index contributed by atoms with van der Waals surface area (Å²) < 4.78 is 0. The Bertz CT molecular complexity index is 2750. The maximum absolute atomic E-state index is 14.6. The van der Waals surface area contributed by atoms with Gasteiger partial charge in [-0.25, -0.2) is 9.97 Å². The van der Waals surface area contributed by atoms with E-state index in [2.05, 4.69) is 44.4 Å². The van der Waals surface area contributed by atoms with Crippen molar-refractivity contribution in [3.63, 3.8) is 0 Å². The van der Waals surface area contributed by atoms with Gasteiger partial charge in [0, 0.05) is 76.5 Å². The van der Waals surface area contributed by atoms with Crippen molar-refractivity contribution in [2.75, 3.05) is 99.0 Å². The summed E-state index contributed by atoms with van der Waals surface area (Å²) in [7, 11) is 12.1. The summed E-state index contributed by atoms with van der Waals surface area (Å²) in [6.45, 7) is 6.79. The lowest BCUT2D eigenvalue weighted by Crippen LogP contribution is -2.59. The lowest BCUT2D eigenvalue weighted by atomic mass is 10.1. The number of amides is 9. The quantitative estimate of drug-likeness (QED) is 0.0751. The van der Waals surface area contributed by atoms with E-state index in [1.807, 2.05) is 0 Å². The highest BCUT2D eigenvalue weighted by Crippen LogP contribution is 2.28. The van der Waals surface area contributed by atoms with Gasteiger partial charge < -0.3 is 65.7 Å². The smallest absolute Gasteiger partial charge is 0.274 e. The third kappa shape index (κ3) is 16.2. The van der Waals surface area contributed by atoms with Gasteiger partial charge in [-0.2, -0.15) is 11.8 Å². The minimum absolute atomic E-state index is 0.0575. The maximum Gasteiger partial charge on any atom is 0.274 e. The van der Waals surface area contributed by atoms with Crippen LogP contribution in [0.15, 0.2) is 49.6 Å². The monoisotopic (exact) mass is 1120 g/mol. The molecule has 9 amide bonds. The molecule has 416 valence electrons. The third-order valence-electron chi connectivity index (χ3n) is 12.5. The first-order chi connectivity index (χ1) is 36.4. The normalized spacial score (nSPS) is 19.0. The average Bonchev–Trinajstić information content (AvgIpc) is 3.40. The summed E-state index contributed by atoms with van der Waals surface area (Å²) in [6, 6.07) is 1.64. The van der Waals surface area contributed by atoms with E-state index in [1.165, 1.54) is 83.1 Å². The first-order valence-electron chi connectivity index (χ1n) is 23.8. The van der Waals surface area contributed by atoms with Gasteiger partial charge in [-0.05, 0) is 51.5 Å². The number of fused-ring (bicyclic) bond motifs is 1. The molecular weight excluding hydrogens is 1060 g/mol. The molecule has 0 radical (unpaired) electrons. The van der Waals surface area contributed by atoms with Crippen molar-refractivity contribution in [2.24, 2.45) is 0 Å². The first kappa shape index (κ1) is 62.3. The van der Waals surface area contributed by atoms with Gasteiger partial charge in [-0.3, -0.25) is 43.2 Å². The fourth-order valence-electron chi connectivity index (χ4n) is 7.68. The third-order valence-corrected chi connectivity index (χ3v) is 15.6. The molecule has 27 heteroatoms. The van der Waals surface area contributed by atoms with Crippen molar-refractivity contribution in [2.45, 2.75) is 43.2 Å². The number of aromatic nitrogens is 2. The van der Waals surface area contributed by atoms with Crippen molar-refractivity contribution in [3.05, 3.63) is 72.2 Å². The number of rotatable bonds is 17. The second-order valence-corrected chi connectivity index (χ2v) is 21.6. The number of carbonyl (C=O) groups excluding carboxylic acids is 10. The van der Waals surface area contributed by atoms with Crippen LogP contribution in [-0.4, -0.2) is 244 Å². The summed E-state index contributed by atoms with van der Waals surface area (Å²) in [4.78, 5) is 153. The Kier molecular flexibility index (Phi) is 23.3. The summed E-state index contributed by atoms with van der Waals surface area (Å²) >= 11 is 1.32. The van der Waals surface area contributed by atoms with Crippen molar-refractivity contribution in [1.82, 2.24) is 60.6 Å². The predicted molar refractivity (Wildman–Crippen MR) is 295 cm³/mol. The molecule has 0 aliphatic carbocycles. The van der Waals surface area contributed by atoms with E-state index in [4.69, 9.17) is 0 Å². The number of benzene rings is 1. The highest BCUT2D eigenvalue weighted by molar-refractivity contribution is 8.76. The second-order valence-electron chi connectivity index (χ2n) is 18.1. The van der Waals surface area contributed by atoms with Crippen molar-refractivity contribution in [3.8, 4) is 11.5 Å². The molecule has 4 rings (SSSR count). The Hall–Kier alpha value is -7.23. The van der Waals surface area contributed by atoms with Gasteiger partial charge in [0.1, 0.15) is 48.0 Å². The first-order valence-corrected chi connectivity index (χ1v) is 27.7. The zero-order valence-electron chi connectivity index (χ0n) is 44.3. The molecule has 1 aromatic carbocycles. The molecule has 6 atom stereocenters. The molecule has 0 unspecified atom stereocenters. The minimum Gasteiger partial charge on any atom is -0.505 e. The highest BCUT2D eigenvalue weighted by Gasteiger charge is 2.38. The van der Waals surface area contributed by atoms with Crippen LogP contribution in [0.1, 0.15) is 39.2 Å². The van der Waals surface area contributed by atoms with Gasteiger partial charge in [0.15, 0.2) is 11.4 Å². The number of aldehydes is 1. The van der Waals surface area contributed by atoms with Crippen LogP contribution in [0.4, 0.5) is 0 Å². The molecule has 1 aliphatic rings. The molecule has 1 fully saturated rings. The summed E-state index contributed by atoms with van der Waals surface area (Å²) in [6.07, 6.45) is 5.14. The van der Waals surface area contributed by atoms with E-state index in [1.54, 1.807) is 49.5 Å². The van der Waals surface area contributed by atoms with Gasteiger partial charge in [0.25, 0.3) is 11.8 Å². The molecule has 0 saturated carbocycles. The number of nitrogens with zero attached hydrogens (tertiary/aromatic N) is 8. The molecule has 1 saturated heterocycles. The number of hydrogen-bond donors (Lipinski definition) is 6. The predicted octanol–water partition coefficient (Wildman–Crippen LogP) is -0.239. The van der Waals surface area contributed by atoms with Gasteiger partial charge >= 0.3 is 0 Å². The molecule has 3 heterocycles. The Morgan fingerprint density at radius 3 is 2.19 bits per heavy atom. The molecule has 0 bridgehead atoms. The molecule has 6 N–H and O–H groups in total. The Balaban J connectivity index is 1.67. The van der Waals surface area contributed by atoms with Crippen LogP contribution in [0.25, 0.3) is 23.1 Å². The van der Waals surface area contributed by atoms with Crippen LogP contribution in [0.3, 0.4) is 0 Å². The lowest BCUT2D eigenvalue weighted by molar-refractivity contribution is -0.148. The molecule has 2 aromatic heterocycles. The number of likely N-dealkylation sites (N-methyl/N-ethyl adjacent to an activating group) is 6. The van der Waals surface area contributed by atoms with Crippen LogP contribution < -0.4 is 21.3 Å². The van der Waals surface area contributed by atoms with Crippen LogP contribution >= 0.6 is 33.3 Å². The SMILES string of the molecule is C=Cc1cc(O)c(C(=O)N[C@H](CN(C)C)C(=O)NCC(=O)N(C)[C@H]2CSSC[C@@H](C(=O)N(C)[C@H](C=O)CSC)N(C)C(=O)CNC(=O)[C@H](NC(=O)c3nc4ccccc4cc3O)CN(C)C(=O)[C@H](C)N(C)C2=O)nc1C=C. The van der Waals surface area contributed by atoms with Crippen LogP contribution in [0.5, 0.6) is 11.5 Å². The lowest BCUT2D eigenvalue weighted by Gasteiger charge is -2.35. The van der Waals surface area contributed by atoms with Gasteiger partial charge in [0.05, 0.1) is 30.3 Å². The maximum atomic E-state index is 14.6. The van der Waals surface area contributed by atoms with Crippen LogP contribution in [-0.2, 0) is 38.4 Å². The van der Waals surface area contributed by atoms with E-state index in [-0.39, 0.29) is 29.5 Å². The fourth-order valence-corrected chi connectivity index (χ4v) is 10.9. The summed E-state index contributed by atoms with van der Waals surface area (Å²) in [5.41, 5.74) is 0.182. The zero-order valence-corrected chi connectivity index (χ0v) is 46.8. The van der Waals surface area contributed by atoms with Crippen molar-refractivity contribution >= 4 is 116 Å². The number of carbonyl (C=O) groups is 10. The van der Waals surface area contributed by atoms with Crippen LogP contribution in [0, 0.1) is 0 Å². The largest absolute Gasteiger partial charge is 0.505 e. The van der Waals surface area contributed by atoms with E-state index < -0.39 is 132 Å². The van der Waals surface area contributed by atoms with E-state index in [0.717, 1.165) is 41.2 Å². The number of nitrogens with one attached hydrogen (secondary N) is 4. The topological polar surface area (TPSA) is 304 Å². The minimum atomic E-state index is -1.60. The fraction of sp³-hybridized carbons (Fsp3) is 0.440. The standard InChI is InChI=1S/C50H66N12O12S3/c1-12-29-18-38(64)42(53-32(29)13-2)46(70)55-34(22-57(4)5)44(68)51-20-40(66)61(9)36-26-76-77-27-37(50(74)60(8)31(24-63)25-75-11)62(10)41(67)21-52-45(69)35(23-58(6)48(72)28(3)59(7)49(36)73)56-47(71)43-39(65)19-30-16-14-15-17-33(30)54-43/h12-19,24,28,31,34-37,64-65H,1-2,20-23,25-27H2,3-11H3,(H,51,68)(H,52,69)(H,55,70)(H,56,71)/t28-,31+,34+,35+,36-,37-/m0/s1. The molecule has 77 heavy (non-hydrogen) atoms. The Morgan fingerprint density at radius 1 is 0.909 bits per heavy atom. The van der Waals surface area contributed by atoms with Crippen LogP contribution in [0.2, 0.25) is 0 Å². The zero-order chi connectivity index (χ0) is 57.4. The number of hydrogen-bond acceptors (Lipinski definition) is 18.